The van der Waals surface area contributed by atoms with E-state index in [0.29, 0.717) is 29.8 Å². The number of hydrogen-bond donors (Lipinski definition) is 1. The Morgan fingerprint density at radius 3 is 2.77 bits per heavy atom. The van der Waals surface area contributed by atoms with Crippen LogP contribution in [0.3, 0.4) is 0 Å². The second-order valence-corrected chi connectivity index (χ2v) is 4.96. The average molecular weight is 308 g/mol. The number of para-hydroxylation sites is 1. The number of carbonyl (C=O) groups excluding carboxylic acids is 1. The van der Waals surface area contributed by atoms with E-state index in [1.165, 1.54) is 12.0 Å². The standard InChI is InChI=1S/C14H14F2N4O2/c1-22-14(21)20-6-8(7-20)17-12-9-4-2-3-5-10(9)18-13(19-12)11(15)16/h2-5,8,11H,6-7H2,1H3,(H,17,18,19). The predicted octanol–water partition coefficient (Wildman–Crippen LogP) is 2.43. The van der Waals surface area contributed by atoms with Gasteiger partial charge in [0.25, 0.3) is 6.43 Å². The SMILES string of the molecule is COC(=O)N1CC(Nc2nc(C(F)F)nc3ccccc23)C1. The highest BCUT2D eigenvalue weighted by Crippen LogP contribution is 2.26. The Morgan fingerprint density at radius 2 is 2.09 bits per heavy atom. The number of nitrogens with one attached hydrogen (secondary N) is 1. The second kappa shape index (κ2) is 5.70. The van der Waals surface area contributed by atoms with Gasteiger partial charge in [-0.2, -0.15) is 0 Å². The summed E-state index contributed by atoms with van der Waals surface area (Å²) in [5.41, 5.74) is 0.458. The number of rotatable bonds is 3. The van der Waals surface area contributed by atoms with Gasteiger partial charge in [0.05, 0.1) is 18.7 Å². The van der Waals surface area contributed by atoms with E-state index in [-0.39, 0.29) is 6.04 Å². The summed E-state index contributed by atoms with van der Waals surface area (Å²) >= 11 is 0. The molecule has 0 atom stereocenters. The second-order valence-electron chi connectivity index (χ2n) is 4.96. The van der Waals surface area contributed by atoms with E-state index >= 15 is 0 Å². The number of fused-ring (bicyclic) bond motifs is 1. The first-order valence-electron chi connectivity index (χ1n) is 6.72. The van der Waals surface area contributed by atoms with Crippen molar-refractivity contribution in [2.24, 2.45) is 0 Å². The first-order valence-corrected chi connectivity index (χ1v) is 6.72. The average Bonchev–Trinajstić information content (AvgIpc) is 2.49. The first kappa shape index (κ1) is 14.4. The molecule has 0 bridgehead atoms. The van der Waals surface area contributed by atoms with Crippen LogP contribution in [0.15, 0.2) is 24.3 Å². The number of hydrogen-bond acceptors (Lipinski definition) is 5. The number of nitrogens with zero attached hydrogens (tertiary/aromatic N) is 3. The quantitative estimate of drug-likeness (QED) is 0.943. The molecule has 1 aliphatic rings. The number of likely N-dealkylation sites (tertiary alicyclic amines) is 1. The summed E-state index contributed by atoms with van der Waals surface area (Å²) in [6.07, 6.45) is -3.14. The van der Waals surface area contributed by atoms with Crippen molar-refractivity contribution in [2.75, 3.05) is 25.5 Å². The van der Waals surface area contributed by atoms with Crippen molar-refractivity contribution in [2.45, 2.75) is 12.5 Å². The van der Waals surface area contributed by atoms with Gasteiger partial charge in [-0.3, -0.25) is 0 Å². The summed E-state index contributed by atoms with van der Waals surface area (Å²) < 4.78 is 30.4. The molecule has 0 radical (unpaired) electrons. The first-order chi connectivity index (χ1) is 10.6. The summed E-state index contributed by atoms with van der Waals surface area (Å²) in [6.45, 7) is 0.879. The third-order valence-electron chi connectivity index (χ3n) is 3.47. The smallest absolute Gasteiger partial charge is 0.409 e. The van der Waals surface area contributed by atoms with E-state index in [4.69, 9.17) is 0 Å². The molecule has 3 rings (SSSR count). The number of carbonyl (C=O) groups is 1. The lowest BCUT2D eigenvalue weighted by Crippen LogP contribution is -2.57. The van der Waals surface area contributed by atoms with E-state index < -0.39 is 18.3 Å². The number of amides is 1. The highest BCUT2D eigenvalue weighted by atomic mass is 19.3. The highest BCUT2D eigenvalue weighted by molar-refractivity contribution is 5.89. The van der Waals surface area contributed by atoms with Crippen molar-refractivity contribution in [3.63, 3.8) is 0 Å². The number of methoxy groups -OCH3 is 1. The van der Waals surface area contributed by atoms with E-state index in [1.807, 2.05) is 0 Å². The normalized spacial score (nSPS) is 15.0. The molecular formula is C14H14F2N4O2. The zero-order chi connectivity index (χ0) is 15.7. The summed E-state index contributed by atoms with van der Waals surface area (Å²) in [5, 5.41) is 3.76. The summed E-state index contributed by atoms with van der Waals surface area (Å²) in [6, 6.07) is 6.90. The minimum atomic E-state index is -2.74. The highest BCUT2D eigenvalue weighted by Gasteiger charge is 2.32. The van der Waals surface area contributed by atoms with Crippen LogP contribution in [-0.2, 0) is 4.74 Å². The van der Waals surface area contributed by atoms with Crippen molar-refractivity contribution in [3.8, 4) is 0 Å². The lowest BCUT2D eigenvalue weighted by atomic mass is 10.1. The fourth-order valence-electron chi connectivity index (χ4n) is 2.34. The van der Waals surface area contributed by atoms with Crippen LogP contribution in [0.2, 0.25) is 0 Å². The monoisotopic (exact) mass is 308 g/mol. The van der Waals surface area contributed by atoms with Gasteiger partial charge in [-0.15, -0.1) is 0 Å². The fourth-order valence-corrected chi connectivity index (χ4v) is 2.34. The van der Waals surface area contributed by atoms with Crippen LogP contribution in [0.25, 0.3) is 10.9 Å². The molecule has 1 aromatic heterocycles. The van der Waals surface area contributed by atoms with Gasteiger partial charge in [-0.05, 0) is 12.1 Å². The van der Waals surface area contributed by atoms with Crippen LogP contribution >= 0.6 is 0 Å². The molecule has 1 fully saturated rings. The lowest BCUT2D eigenvalue weighted by molar-refractivity contribution is 0.0929. The molecule has 0 saturated carbocycles. The van der Waals surface area contributed by atoms with Crippen LogP contribution < -0.4 is 5.32 Å². The maximum atomic E-state index is 12.9. The Bertz CT molecular complexity index is 704. The molecule has 0 aliphatic carbocycles. The number of benzene rings is 1. The van der Waals surface area contributed by atoms with Gasteiger partial charge >= 0.3 is 6.09 Å². The van der Waals surface area contributed by atoms with E-state index in [2.05, 4.69) is 20.0 Å². The third-order valence-corrected chi connectivity index (χ3v) is 3.47. The number of anilines is 1. The molecule has 1 saturated heterocycles. The molecule has 6 nitrogen and oxygen atoms in total. The number of aromatic nitrogens is 2. The third kappa shape index (κ3) is 2.63. The van der Waals surface area contributed by atoms with Gasteiger partial charge in [0.1, 0.15) is 5.82 Å². The number of ether oxygens (including phenoxy) is 1. The molecule has 1 N–H and O–H groups in total. The van der Waals surface area contributed by atoms with E-state index in [9.17, 15) is 13.6 Å². The van der Waals surface area contributed by atoms with Crippen molar-refractivity contribution in [1.82, 2.24) is 14.9 Å². The maximum Gasteiger partial charge on any atom is 0.409 e. The molecule has 0 unspecified atom stereocenters. The summed E-state index contributed by atoms with van der Waals surface area (Å²) in [4.78, 5) is 20.6. The van der Waals surface area contributed by atoms with Gasteiger partial charge in [0, 0.05) is 18.5 Å². The Labute approximate surface area is 125 Å². The zero-order valence-electron chi connectivity index (χ0n) is 11.8. The molecule has 0 spiro atoms. The van der Waals surface area contributed by atoms with Gasteiger partial charge in [0.15, 0.2) is 5.82 Å². The molecule has 2 heterocycles. The summed E-state index contributed by atoms with van der Waals surface area (Å²) in [7, 11) is 1.32. The summed E-state index contributed by atoms with van der Waals surface area (Å²) in [5.74, 6) is -0.152. The van der Waals surface area contributed by atoms with E-state index in [1.54, 1.807) is 24.3 Å². The molecule has 22 heavy (non-hydrogen) atoms. The van der Waals surface area contributed by atoms with Crippen molar-refractivity contribution in [3.05, 3.63) is 30.1 Å². The lowest BCUT2D eigenvalue weighted by Gasteiger charge is -2.38. The molecule has 1 aromatic carbocycles. The number of halogens is 2. The predicted molar refractivity (Wildman–Crippen MR) is 75.9 cm³/mol. The Balaban J connectivity index is 1.83. The largest absolute Gasteiger partial charge is 0.453 e. The number of alkyl halides is 2. The molecule has 8 heteroatoms. The fraction of sp³-hybridized carbons (Fsp3) is 0.357. The van der Waals surface area contributed by atoms with Gasteiger partial charge in [-0.25, -0.2) is 23.5 Å². The minimum absolute atomic E-state index is 0.0528. The molecular weight excluding hydrogens is 294 g/mol. The van der Waals surface area contributed by atoms with E-state index in [0.717, 1.165) is 0 Å². The Morgan fingerprint density at radius 1 is 1.36 bits per heavy atom. The topological polar surface area (TPSA) is 67.3 Å². The van der Waals surface area contributed by atoms with Crippen LogP contribution in [0, 0.1) is 0 Å². The van der Waals surface area contributed by atoms with Crippen molar-refractivity contribution < 1.29 is 18.3 Å². The minimum Gasteiger partial charge on any atom is -0.453 e. The van der Waals surface area contributed by atoms with Crippen LogP contribution in [-0.4, -0.2) is 47.2 Å². The molecule has 1 aliphatic heterocycles. The molecule has 2 aromatic rings. The van der Waals surface area contributed by atoms with Crippen LogP contribution in [0.4, 0.5) is 19.4 Å². The molecule has 116 valence electrons. The van der Waals surface area contributed by atoms with Crippen molar-refractivity contribution in [1.29, 1.82) is 0 Å². The van der Waals surface area contributed by atoms with Gasteiger partial charge in [0.2, 0.25) is 0 Å². The molecule has 1 amide bonds. The Kier molecular flexibility index (Phi) is 3.74. The Hall–Kier alpha value is -2.51. The zero-order valence-corrected chi connectivity index (χ0v) is 11.8. The van der Waals surface area contributed by atoms with Crippen molar-refractivity contribution >= 4 is 22.8 Å². The van der Waals surface area contributed by atoms with Crippen LogP contribution in [0.1, 0.15) is 12.2 Å². The maximum absolute atomic E-state index is 12.9. The van der Waals surface area contributed by atoms with Gasteiger partial charge in [-0.1, -0.05) is 12.1 Å². The van der Waals surface area contributed by atoms with Crippen LogP contribution in [0.5, 0.6) is 0 Å². The van der Waals surface area contributed by atoms with Gasteiger partial charge < -0.3 is 15.0 Å².